The highest BCUT2D eigenvalue weighted by Gasteiger charge is 2.80. The number of aliphatic hydroxyl groups is 3. The average Bonchev–Trinajstić information content (AvgIpc) is 2.64. The Morgan fingerprint density at radius 2 is 1.69 bits per heavy atom. The predicted octanol–water partition coefficient (Wildman–Crippen LogP) is -4.03. The molecule has 0 radical (unpaired) electrons. The predicted molar refractivity (Wildman–Crippen MR) is 54.8 cm³/mol. The van der Waals surface area contributed by atoms with Crippen molar-refractivity contribution >= 4 is 5.91 Å². The summed E-state index contributed by atoms with van der Waals surface area (Å²) in [7, 11) is 3.16. The Morgan fingerprint density at radius 1 is 1.31 bits per heavy atom. The minimum atomic E-state index is -2.58. The van der Waals surface area contributed by atoms with E-state index in [-0.39, 0.29) is 0 Å². The van der Waals surface area contributed by atoms with Gasteiger partial charge in [-0.1, -0.05) is 0 Å². The van der Waals surface area contributed by atoms with Gasteiger partial charge in [-0.2, -0.15) is 0 Å². The smallest absolute Gasteiger partial charge is 0.262 e. The number of carbonyl (C=O) groups is 1. The summed E-state index contributed by atoms with van der Waals surface area (Å²) in [5.74, 6) is -4.53. The molecule has 1 aliphatic rings. The van der Waals surface area contributed by atoms with Gasteiger partial charge in [0.2, 0.25) is 11.4 Å². The molecular weight excluding hydrogens is 216 g/mol. The van der Waals surface area contributed by atoms with E-state index in [1.807, 2.05) is 0 Å². The van der Waals surface area contributed by atoms with E-state index in [0.29, 0.717) is 0 Å². The largest absolute Gasteiger partial charge is 0.374 e. The molecule has 8 heteroatoms. The second-order valence-electron chi connectivity index (χ2n) is 4.05. The molecule has 1 aliphatic carbocycles. The SMILES string of the molecule is CNC(C)(NC)NC(=O)C1(O)C(N)C1(O)O. The third-order valence-electron chi connectivity index (χ3n) is 3.07. The van der Waals surface area contributed by atoms with Gasteiger partial charge in [0, 0.05) is 0 Å². The van der Waals surface area contributed by atoms with E-state index in [9.17, 15) is 20.1 Å². The molecule has 1 amide bonds. The van der Waals surface area contributed by atoms with Crippen LogP contribution in [0.5, 0.6) is 0 Å². The third kappa shape index (κ3) is 1.59. The molecule has 1 fully saturated rings. The third-order valence-corrected chi connectivity index (χ3v) is 3.07. The Morgan fingerprint density at radius 3 is 1.94 bits per heavy atom. The van der Waals surface area contributed by atoms with E-state index < -0.39 is 29.1 Å². The Kier molecular flexibility index (Phi) is 3.01. The number of amides is 1. The zero-order chi connectivity index (χ0) is 12.8. The van der Waals surface area contributed by atoms with Gasteiger partial charge in [-0.05, 0) is 21.0 Å². The van der Waals surface area contributed by atoms with E-state index >= 15 is 0 Å². The summed E-state index contributed by atoms with van der Waals surface area (Å²) < 4.78 is 0. The molecule has 2 unspecified atom stereocenters. The van der Waals surface area contributed by atoms with Gasteiger partial charge in [-0.3, -0.25) is 15.4 Å². The molecule has 94 valence electrons. The van der Waals surface area contributed by atoms with Crippen LogP contribution in [0.15, 0.2) is 0 Å². The summed E-state index contributed by atoms with van der Waals surface area (Å²) in [5, 5.41) is 35.9. The Balaban J connectivity index is 2.76. The highest BCUT2D eigenvalue weighted by atomic mass is 16.6. The van der Waals surface area contributed by atoms with Gasteiger partial charge >= 0.3 is 0 Å². The first-order valence-electron chi connectivity index (χ1n) is 4.79. The van der Waals surface area contributed by atoms with Crippen LogP contribution in [0.1, 0.15) is 6.92 Å². The molecule has 0 aliphatic heterocycles. The molecule has 1 rings (SSSR count). The Hall–Kier alpha value is -0.770. The lowest BCUT2D eigenvalue weighted by Crippen LogP contribution is -2.66. The van der Waals surface area contributed by atoms with Gasteiger partial charge in [-0.25, -0.2) is 0 Å². The monoisotopic (exact) mass is 234 g/mol. The van der Waals surface area contributed by atoms with Crippen LogP contribution in [0, 0.1) is 0 Å². The van der Waals surface area contributed by atoms with Crippen LogP contribution >= 0.6 is 0 Å². The van der Waals surface area contributed by atoms with Gasteiger partial charge in [-0.15, -0.1) is 0 Å². The van der Waals surface area contributed by atoms with Crippen LogP contribution in [0.2, 0.25) is 0 Å². The number of rotatable bonds is 4. The van der Waals surface area contributed by atoms with Crippen LogP contribution < -0.4 is 21.7 Å². The fourth-order valence-corrected chi connectivity index (χ4v) is 1.34. The maximum Gasteiger partial charge on any atom is 0.262 e. The van der Waals surface area contributed by atoms with Crippen LogP contribution in [-0.4, -0.2) is 58.5 Å². The normalized spacial score (nSPS) is 32.3. The molecule has 16 heavy (non-hydrogen) atoms. The first-order chi connectivity index (χ1) is 7.15. The minimum Gasteiger partial charge on any atom is -0.374 e. The zero-order valence-electron chi connectivity index (χ0n) is 9.40. The molecule has 0 saturated heterocycles. The van der Waals surface area contributed by atoms with E-state index in [2.05, 4.69) is 16.0 Å². The first kappa shape index (κ1) is 13.3. The van der Waals surface area contributed by atoms with Crippen molar-refractivity contribution < 1.29 is 20.1 Å². The van der Waals surface area contributed by atoms with Crippen molar-refractivity contribution in [3.8, 4) is 0 Å². The van der Waals surface area contributed by atoms with Crippen molar-refractivity contribution in [2.45, 2.75) is 30.1 Å². The molecule has 0 heterocycles. The van der Waals surface area contributed by atoms with Crippen molar-refractivity contribution in [1.82, 2.24) is 16.0 Å². The summed E-state index contributed by atoms with van der Waals surface area (Å²) in [6, 6.07) is -1.42. The molecule has 0 aromatic rings. The molecular formula is C8H18N4O4. The first-order valence-corrected chi connectivity index (χ1v) is 4.79. The van der Waals surface area contributed by atoms with Gasteiger partial charge in [0.05, 0.1) is 0 Å². The maximum atomic E-state index is 11.6. The maximum absolute atomic E-state index is 11.6. The lowest BCUT2D eigenvalue weighted by atomic mass is 10.2. The highest BCUT2D eigenvalue weighted by Crippen LogP contribution is 2.44. The average molecular weight is 234 g/mol. The summed E-state index contributed by atoms with van der Waals surface area (Å²) >= 11 is 0. The van der Waals surface area contributed by atoms with Crippen molar-refractivity contribution in [2.24, 2.45) is 5.73 Å². The van der Waals surface area contributed by atoms with Crippen molar-refractivity contribution in [1.29, 1.82) is 0 Å². The highest BCUT2D eigenvalue weighted by molar-refractivity contribution is 5.92. The number of hydrogen-bond donors (Lipinski definition) is 7. The molecule has 8 N–H and O–H groups in total. The standard InChI is InChI=1S/C8H18N4O4/c1-6(10-2,11-3)12-5(13)7(14)4(9)8(7,15)16/h4,10-11,14-16H,9H2,1-3H3,(H,12,13). The summed E-state index contributed by atoms with van der Waals surface area (Å²) in [6.45, 7) is 1.60. The second kappa shape index (κ2) is 3.62. The number of carbonyl (C=O) groups excluding carboxylic acids is 1. The molecule has 0 aromatic heterocycles. The summed E-state index contributed by atoms with van der Waals surface area (Å²) in [5.41, 5.74) is 2.86. The van der Waals surface area contributed by atoms with Crippen LogP contribution in [0.25, 0.3) is 0 Å². The van der Waals surface area contributed by atoms with Crippen LogP contribution in [0.4, 0.5) is 0 Å². The molecule has 0 bridgehead atoms. The molecule has 0 aromatic carbocycles. The van der Waals surface area contributed by atoms with E-state index in [1.54, 1.807) is 21.0 Å². The fraction of sp³-hybridized carbons (Fsp3) is 0.875. The van der Waals surface area contributed by atoms with E-state index in [1.165, 1.54) is 0 Å². The van der Waals surface area contributed by atoms with Crippen molar-refractivity contribution in [3.63, 3.8) is 0 Å². The number of hydrogen-bond acceptors (Lipinski definition) is 7. The van der Waals surface area contributed by atoms with E-state index in [0.717, 1.165) is 0 Å². The molecule has 2 atom stereocenters. The van der Waals surface area contributed by atoms with Crippen molar-refractivity contribution in [2.75, 3.05) is 14.1 Å². The number of nitrogens with one attached hydrogen (secondary N) is 3. The van der Waals surface area contributed by atoms with Crippen LogP contribution in [-0.2, 0) is 4.79 Å². The lowest BCUT2D eigenvalue weighted by molar-refractivity contribution is -0.159. The van der Waals surface area contributed by atoms with Crippen LogP contribution in [0.3, 0.4) is 0 Å². The fourth-order valence-electron chi connectivity index (χ4n) is 1.34. The van der Waals surface area contributed by atoms with Gasteiger partial charge in [0.1, 0.15) is 11.8 Å². The van der Waals surface area contributed by atoms with E-state index in [4.69, 9.17) is 5.73 Å². The quantitative estimate of drug-likeness (QED) is 0.246. The Bertz CT molecular complexity index is 304. The van der Waals surface area contributed by atoms with Gasteiger partial charge < -0.3 is 26.4 Å². The topological polar surface area (TPSA) is 140 Å². The summed E-state index contributed by atoms with van der Waals surface area (Å²) in [6.07, 6.45) is 0. The van der Waals surface area contributed by atoms with Gasteiger partial charge in [0.15, 0.2) is 0 Å². The lowest BCUT2D eigenvalue weighted by Gasteiger charge is -2.31. The minimum absolute atomic E-state index is 0.962. The Labute approximate surface area is 92.8 Å². The summed E-state index contributed by atoms with van der Waals surface area (Å²) in [4.78, 5) is 11.6. The van der Waals surface area contributed by atoms with Gasteiger partial charge in [0.25, 0.3) is 5.91 Å². The molecule has 8 nitrogen and oxygen atoms in total. The number of nitrogens with two attached hydrogens (primary N) is 1. The zero-order valence-corrected chi connectivity index (χ0v) is 9.40. The molecule has 0 spiro atoms. The van der Waals surface area contributed by atoms with Crippen molar-refractivity contribution in [3.05, 3.63) is 0 Å². The molecule has 1 saturated carbocycles. The second-order valence-corrected chi connectivity index (χ2v) is 4.05.